The number of nitrogen functional groups attached to an aromatic ring is 1. The highest BCUT2D eigenvalue weighted by atomic mass is 79.9. The van der Waals surface area contributed by atoms with Gasteiger partial charge in [-0.2, -0.15) is 0 Å². The highest BCUT2D eigenvalue weighted by molar-refractivity contribution is 9.10. The molecule has 0 aromatic carbocycles. The van der Waals surface area contributed by atoms with Gasteiger partial charge in [-0.05, 0) is 15.9 Å². The maximum atomic E-state index is 10.5. The van der Waals surface area contributed by atoms with Gasteiger partial charge >= 0.3 is 5.97 Å². The van der Waals surface area contributed by atoms with Crippen LogP contribution in [0.4, 0.5) is 5.82 Å². The summed E-state index contributed by atoms with van der Waals surface area (Å²) in [6, 6.07) is 0. The molecule has 0 fully saturated rings. The predicted molar refractivity (Wildman–Crippen MR) is 48.3 cm³/mol. The Bertz CT molecular complexity index is 343. The summed E-state index contributed by atoms with van der Waals surface area (Å²) in [4.78, 5) is 14.1. The first-order valence-corrected chi connectivity index (χ1v) is 4.04. The third-order valence-electron chi connectivity index (χ3n) is 1.22. The summed E-state index contributed by atoms with van der Waals surface area (Å²) in [6.45, 7) is 0. The molecule has 0 saturated heterocycles. The number of carbonyl (C=O) groups is 1. The van der Waals surface area contributed by atoms with Gasteiger partial charge in [-0.25, -0.2) is 9.78 Å². The van der Waals surface area contributed by atoms with Gasteiger partial charge in [-0.3, -0.25) is 0 Å². The van der Waals surface area contributed by atoms with E-state index in [4.69, 9.17) is 22.4 Å². The van der Waals surface area contributed by atoms with E-state index in [2.05, 4.69) is 20.9 Å². The topological polar surface area (TPSA) is 76.2 Å². The number of rotatable bonds is 1. The van der Waals surface area contributed by atoms with Crippen LogP contribution in [-0.4, -0.2) is 16.1 Å². The summed E-state index contributed by atoms with van der Waals surface area (Å²) >= 11 is 8.66. The summed E-state index contributed by atoms with van der Waals surface area (Å²) in [5.41, 5.74) is 5.28. The molecule has 0 saturated carbocycles. The first kappa shape index (κ1) is 9.28. The van der Waals surface area contributed by atoms with Crippen LogP contribution in [0.2, 0.25) is 5.02 Å². The normalized spacial score (nSPS) is 9.83. The molecule has 0 bridgehead atoms. The summed E-state index contributed by atoms with van der Waals surface area (Å²) in [5.74, 6) is -0.960. The molecule has 0 atom stereocenters. The van der Waals surface area contributed by atoms with Crippen molar-refractivity contribution in [3.05, 3.63) is 21.3 Å². The van der Waals surface area contributed by atoms with Crippen molar-refractivity contribution < 1.29 is 9.90 Å². The van der Waals surface area contributed by atoms with E-state index in [1.165, 1.54) is 0 Å². The number of aromatic carboxylic acids is 1. The number of carboxylic acids is 1. The van der Waals surface area contributed by atoms with Crippen LogP contribution in [0.1, 0.15) is 10.4 Å². The molecule has 1 rings (SSSR count). The van der Waals surface area contributed by atoms with E-state index in [1.54, 1.807) is 0 Å². The summed E-state index contributed by atoms with van der Waals surface area (Å²) in [5, 5.41) is 8.66. The standard InChI is InChI=1S/C6H4BrClN2O2/c7-3-4(8)2(6(11)12)1-10-5(3)9/h1H,(H2,9,10)(H,11,12). The highest BCUT2D eigenvalue weighted by Gasteiger charge is 2.13. The molecule has 3 N–H and O–H groups in total. The number of nitrogens with zero attached hydrogens (tertiary/aromatic N) is 1. The van der Waals surface area contributed by atoms with Gasteiger partial charge in [0.1, 0.15) is 5.82 Å². The number of pyridine rings is 1. The van der Waals surface area contributed by atoms with Crippen molar-refractivity contribution >= 4 is 39.3 Å². The number of hydrogen-bond acceptors (Lipinski definition) is 3. The maximum Gasteiger partial charge on any atom is 0.338 e. The monoisotopic (exact) mass is 250 g/mol. The van der Waals surface area contributed by atoms with Gasteiger partial charge in [0.15, 0.2) is 0 Å². The Labute approximate surface area is 81.5 Å². The lowest BCUT2D eigenvalue weighted by Gasteiger charge is -2.02. The van der Waals surface area contributed by atoms with Crippen molar-refractivity contribution in [3.8, 4) is 0 Å². The average Bonchev–Trinajstić information content (AvgIpc) is 2.00. The molecule has 0 amide bonds. The lowest BCUT2D eigenvalue weighted by Crippen LogP contribution is -2.01. The Morgan fingerprint density at radius 2 is 2.33 bits per heavy atom. The molecule has 0 aliphatic heterocycles. The van der Waals surface area contributed by atoms with Gasteiger partial charge in [0, 0.05) is 6.20 Å². The van der Waals surface area contributed by atoms with Crippen LogP contribution in [0.3, 0.4) is 0 Å². The van der Waals surface area contributed by atoms with Crippen LogP contribution in [0.15, 0.2) is 10.7 Å². The molecule has 0 aliphatic rings. The molecule has 1 heterocycles. The fourth-order valence-electron chi connectivity index (χ4n) is 0.627. The molecular weight excluding hydrogens is 247 g/mol. The van der Waals surface area contributed by atoms with E-state index < -0.39 is 5.97 Å². The van der Waals surface area contributed by atoms with Crippen molar-refractivity contribution in [1.29, 1.82) is 0 Å². The predicted octanol–water partition coefficient (Wildman–Crippen LogP) is 1.78. The quantitative estimate of drug-likeness (QED) is 0.797. The van der Waals surface area contributed by atoms with Crippen LogP contribution >= 0.6 is 27.5 Å². The largest absolute Gasteiger partial charge is 0.478 e. The molecule has 0 aliphatic carbocycles. The third-order valence-corrected chi connectivity index (χ3v) is 2.64. The Morgan fingerprint density at radius 1 is 1.75 bits per heavy atom. The first-order valence-electron chi connectivity index (χ1n) is 2.86. The van der Waals surface area contributed by atoms with Gasteiger partial charge < -0.3 is 10.8 Å². The van der Waals surface area contributed by atoms with Crippen molar-refractivity contribution in [1.82, 2.24) is 4.98 Å². The molecule has 0 spiro atoms. The van der Waals surface area contributed by atoms with Crippen LogP contribution in [0.5, 0.6) is 0 Å². The number of nitrogens with two attached hydrogens (primary N) is 1. The van der Waals surface area contributed by atoms with E-state index in [9.17, 15) is 4.79 Å². The zero-order valence-electron chi connectivity index (χ0n) is 5.71. The zero-order chi connectivity index (χ0) is 9.30. The van der Waals surface area contributed by atoms with Gasteiger partial charge in [-0.1, -0.05) is 11.6 Å². The Morgan fingerprint density at radius 3 is 2.83 bits per heavy atom. The van der Waals surface area contributed by atoms with E-state index >= 15 is 0 Å². The number of carboxylic acid groups (broad SMARTS) is 1. The number of aromatic nitrogens is 1. The molecule has 0 radical (unpaired) electrons. The van der Waals surface area contributed by atoms with E-state index in [1.807, 2.05) is 0 Å². The lowest BCUT2D eigenvalue weighted by molar-refractivity contribution is 0.0696. The summed E-state index contributed by atoms with van der Waals surface area (Å²) < 4.78 is 0.309. The van der Waals surface area contributed by atoms with Crippen molar-refractivity contribution in [2.75, 3.05) is 5.73 Å². The minimum absolute atomic E-state index is 0.0648. The van der Waals surface area contributed by atoms with Crippen LogP contribution in [0, 0.1) is 0 Å². The summed E-state index contributed by atoms with van der Waals surface area (Å²) in [7, 11) is 0. The fourth-order valence-corrected chi connectivity index (χ4v) is 1.17. The van der Waals surface area contributed by atoms with Crippen LogP contribution in [-0.2, 0) is 0 Å². The van der Waals surface area contributed by atoms with Gasteiger partial charge in [-0.15, -0.1) is 0 Å². The fraction of sp³-hybridized carbons (Fsp3) is 0. The minimum atomic E-state index is -1.13. The van der Waals surface area contributed by atoms with Crippen molar-refractivity contribution in [2.24, 2.45) is 0 Å². The molecule has 6 heteroatoms. The number of anilines is 1. The molecule has 1 aromatic heterocycles. The smallest absolute Gasteiger partial charge is 0.338 e. The van der Waals surface area contributed by atoms with Crippen molar-refractivity contribution in [2.45, 2.75) is 0 Å². The number of halogens is 2. The first-order chi connectivity index (χ1) is 5.54. The van der Waals surface area contributed by atoms with E-state index in [-0.39, 0.29) is 16.4 Å². The molecule has 4 nitrogen and oxygen atoms in total. The van der Waals surface area contributed by atoms with E-state index in [0.29, 0.717) is 4.47 Å². The lowest BCUT2D eigenvalue weighted by atomic mass is 10.3. The molecule has 12 heavy (non-hydrogen) atoms. The number of hydrogen-bond donors (Lipinski definition) is 2. The van der Waals surface area contributed by atoms with E-state index in [0.717, 1.165) is 6.20 Å². The second-order valence-corrected chi connectivity index (χ2v) is 3.16. The molecular formula is C6H4BrClN2O2. The third kappa shape index (κ3) is 1.51. The SMILES string of the molecule is Nc1ncc(C(=O)O)c(Cl)c1Br. The molecule has 1 aromatic rings. The molecule has 0 unspecified atom stereocenters. The van der Waals surface area contributed by atoms with Gasteiger partial charge in [0.2, 0.25) is 0 Å². The molecule has 64 valence electrons. The Balaban J connectivity index is 3.36. The van der Waals surface area contributed by atoms with Gasteiger partial charge in [0.05, 0.1) is 15.1 Å². The summed E-state index contributed by atoms with van der Waals surface area (Å²) in [6.07, 6.45) is 1.12. The zero-order valence-corrected chi connectivity index (χ0v) is 8.06. The Hall–Kier alpha value is -0.810. The van der Waals surface area contributed by atoms with Crippen LogP contribution in [0.25, 0.3) is 0 Å². The highest BCUT2D eigenvalue weighted by Crippen LogP contribution is 2.29. The second-order valence-electron chi connectivity index (χ2n) is 1.99. The average molecular weight is 251 g/mol. The maximum absolute atomic E-state index is 10.5. The van der Waals surface area contributed by atoms with Gasteiger partial charge in [0.25, 0.3) is 0 Å². The minimum Gasteiger partial charge on any atom is -0.478 e. The van der Waals surface area contributed by atoms with Crippen LogP contribution < -0.4 is 5.73 Å². The van der Waals surface area contributed by atoms with Crippen molar-refractivity contribution in [3.63, 3.8) is 0 Å². The second kappa shape index (κ2) is 3.28. The Kier molecular flexibility index (Phi) is 2.54.